The summed E-state index contributed by atoms with van der Waals surface area (Å²) in [6, 6.07) is 10.1. The lowest BCUT2D eigenvalue weighted by Gasteiger charge is -2.19. The number of allylic oxidation sites excluding steroid dienone is 3. The highest BCUT2D eigenvalue weighted by atomic mass is 16.1. The highest BCUT2D eigenvalue weighted by molar-refractivity contribution is 5.73. The van der Waals surface area contributed by atoms with E-state index in [1.165, 1.54) is 5.57 Å². The van der Waals surface area contributed by atoms with Gasteiger partial charge in [0.05, 0.1) is 6.04 Å². The molecule has 1 unspecified atom stereocenters. The first-order valence-corrected chi connectivity index (χ1v) is 8.27. The zero-order valence-corrected chi connectivity index (χ0v) is 15.3. The fourth-order valence-corrected chi connectivity index (χ4v) is 1.91. The summed E-state index contributed by atoms with van der Waals surface area (Å²) in [6.45, 7) is 13.6. The summed E-state index contributed by atoms with van der Waals surface area (Å²) in [4.78, 5) is 11.3. The van der Waals surface area contributed by atoms with Gasteiger partial charge in [-0.1, -0.05) is 81.8 Å². The molecule has 0 aliphatic carbocycles. The third-order valence-electron chi connectivity index (χ3n) is 2.77. The number of amides is 1. The normalized spacial score (nSPS) is 11.7. The van der Waals surface area contributed by atoms with Crippen molar-refractivity contribution in [3.05, 3.63) is 59.7 Å². The SMILES string of the molecule is C/C=C\C(=C/C)CC(NC(C)=O)c1ccccc1.CC.CC. The Kier molecular flexibility index (Phi) is 15.9. The van der Waals surface area contributed by atoms with Crippen LogP contribution in [0.3, 0.4) is 0 Å². The van der Waals surface area contributed by atoms with Gasteiger partial charge in [0.15, 0.2) is 0 Å². The summed E-state index contributed by atoms with van der Waals surface area (Å²) in [5, 5.41) is 3.01. The van der Waals surface area contributed by atoms with Crippen molar-refractivity contribution in [2.24, 2.45) is 0 Å². The Labute approximate surface area is 137 Å². The van der Waals surface area contributed by atoms with Crippen molar-refractivity contribution in [3.8, 4) is 0 Å². The zero-order valence-electron chi connectivity index (χ0n) is 15.3. The van der Waals surface area contributed by atoms with Gasteiger partial charge < -0.3 is 5.32 Å². The third kappa shape index (κ3) is 9.98. The fourth-order valence-electron chi connectivity index (χ4n) is 1.91. The molecule has 0 bridgehead atoms. The third-order valence-corrected chi connectivity index (χ3v) is 2.77. The van der Waals surface area contributed by atoms with Gasteiger partial charge in [0, 0.05) is 6.92 Å². The van der Waals surface area contributed by atoms with Gasteiger partial charge in [-0.3, -0.25) is 4.79 Å². The molecule has 0 saturated heterocycles. The van der Waals surface area contributed by atoms with E-state index in [-0.39, 0.29) is 11.9 Å². The van der Waals surface area contributed by atoms with E-state index in [0.29, 0.717) is 0 Å². The lowest BCUT2D eigenvalue weighted by Crippen LogP contribution is -2.26. The van der Waals surface area contributed by atoms with Crippen LogP contribution < -0.4 is 5.32 Å². The van der Waals surface area contributed by atoms with Gasteiger partial charge in [0.1, 0.15) is 0 Å². The average molecular weight is 303 g/mol. The molecule has 22 heavy (non-hydrogen) atoms. The quantitative estimate of drug-likeness (QED) is 0.681. The molecule has 0 saturated carbocycles. The maximum absolute atomic E-state index is 11.3. The molecular weight excluding hydrogens is 270 g/mol. The van der Waals surface area contributed by atoms with Crippen molar-refractivity contribution in [1.82, 2.24) is 5.32 Å². The molecule has 1 aromatic rings. The fraction of sp³-hybridized carbons (Fsp3) is 0.450. The van der Waals surface area contributed by atoms with Crippen molar-refractivity contribution in [3.63, 3.8) is 0 Å². The highest BCUT2D eigenvalue weighted by Crippen LogP contribution is 2.21. The molecule has 0 aromatic heterocycles. The van der Waals surface area contributed by atoms with Crippen LogP contribution in [0.4, 0.5) is 0 Å². The van der Waals surface area contributed by atoms with Gasteiger partial charge in [0.25, 0.3) is 0 Å². The van der Waals surface area contributed by atoms with Crippen LogP contribution in [0, 0.1) is 0 Å². The van der Waals surface area contributed by atoms with E-state index < -0.39 is 0 Å². The van der Waals surface area contributed by atoms with Gasteiger partial charge in [-0.2, -0.15) is 0 Å². The number of carbonyl (C=O) groups excluding carboxylic acids is 1. The average Bonchev–Trinajstić information content (AvgIpc) is 2.57. The largest absolute Gasteiger partial charge is 0.349 e. The molecule has 1 aromatic carbocycles. The van der Waals surface area contributed by atoms with Crippen molar-refractivity contribution in [1.29, 1.82) is 0 Å². The summed E-state index contributed by atoms with van der Waals surface area (Å²) in [5.41, 5.74) is 2.36. The number of rotatable bonds is 5. The van der Waals surface area contributed by atoms with Gasteiger partial charge in [-0.05, 0) is 25.8 Å². The second-order valence-corrected chi connectivity index (χ2v) is 4.23. The van der Waals surface area contributed by atoms with Crippen LogP contribution >= 0.6 is 0 Å². The van der Waals surface area contributed by atoms with Gasteiger partial charge >= 0.3 is 0 Å². The number of hydrogen-bond donors (Lipinski definition) is 1. The number of benzene rings is 1. The Balaban J connectivity index is 0. The van der Waals surface area contributed by atoms with E-state index >= 15 is 0 Å². The lowest BCUT2D eigenvalue weighted by molar-refractivity contribution is -0.119. The van der Waals surface area contributed by atoms with Crippen molar-refractivity contribution >= 4 is 5.91 Å². The molecule has 1 amide bonds. The second-order valence-electron chi connectivity index (χ2n) is 4.23. The van der Waals surface area contributed by atoms with Gasteiger partial charge in [-0.25, -0.2) is 0 Å². The van der Waals surface area contributed by atoms with Crippen LogP contribution in [0.2, 0.25) is 0 Å². The zero-order chi connectivity index (χ0) is 17.4. The Morgan fingerprint density at radius 2 is 1.64 bits per heavy atom. The van der Waals surface area contributed by atoms with E-state index in [4.69, 9.17) is 0 Å². The Morgan fingerprint density at radius 1 is 1.09 bits per heavy atom. The van der Waals surface area contributed by atoms with E-state index in [0.717, 1.165) is 12.0 Å². The van der Waals surface area contributed by atoms with Crippen LogP contribution in [0.5, 0.6) is 0 Å². The summed E-state index contributed by atoms with van der Waals surface area (Å²) < 4.78 is 0. The van der Waals surface area contributed by atoms with E-state index in [1.54, 1.807) is 6.92 Å². The maximum atomic E-state index is 11.3. The van der Waals surface area contributed by atoms with Crippen LogP contribution in [0.25, 0.3) is 0 Å². The maximum Gasteiger partial charge on any atom is 0.217 e. The highest BCUT2D eigenvalue weighted by Gasteiger charge is 2.13. The van der Waals surface area contributed by atoms with Crippen molar-refractivity contribution in [2.75, 3.05) is 0 Å². The summed E-state index contributed by atoms with van der Waals surface area (Å²) in [6.07, 6.45) is 6.99. The van der Waals surface area contributed by atoms with Crippen LogP contribution in [0.15, 0.2) is 54.1 Å². The topological polar surface area (TPSA) is 29.1 Å². The Bertz CT molecular complexity index is 432. The second kappa shape index (κ2) is 15.6. The molecule has 1 atom stereocenters. The standard InChI is InChI=1S/C16H21NO.2C2H6/c1-4-9-14(5-2)12-16(17-13(3)18)15-10-7-6-8-11-15;2*1-2/h4-11,16H,12H2,1-3H3,(H,17,18);2*1-2H3/b9-4-,14-5+;;. The van der Waals surface area contributed by atoms with E-state index in [1.807, 2.05) is 78.0 Å². The molecule has 1 N–H and O–H groups in total. The van der Waals surface area contributed by atoms with Crippen molar-refractivity contribution in [2.45, 2.75) is 60.9 Å². The first kappa shape index (κ1) is 22.5. The van der Waals surface area contributed by atoms with Crippen LogP contribution in [-0.2, 0) is 4.79 Å². The van der Waals surface area contributed by atoms with E-state index in [9.17, 15) is 4.79 Å². The summed E-state index contributed by atoms with van der Waals surface area (Å²) >= 11 is 0. The summed E-state index contributed by atoms with van der Waals surface area (Å²) in [7, 11) is 0. The molecule has 0 aliphatic heterocycles. The molecule has 2 heteroatoms. The number of nitrogens with one attached hydrogen (secondary N) is 1. The molecule has 0 heterocycles. The lowest BCUT2D eigenvalue weighted by atomic mass is 9.98. The molecule has 2 nitrogen and oxygen atoms in total. The number of hydrogen-bond acceptors (Lipinski definition) is 1. The van der Waals surface area contributed by atoms with Crippen LogP contribution in [0.1, 0.15) is 66.5 Å². The minimum atomic E-state index is -0.000200. The minimum absolute atomic E-state index is 0.000200. The molecule has 0 radical (unpaired) electrons. The first-order valence-electron chi connectivity index (χ1n) is 8.27. The smallest absolute Gasteiger partial charge is 0.217 e. The first-order chi connectivity index (χ1) is 10.7. The summed E-state index contributed by atoms with van der Waals surface area (Å²) in [5.74, 6) is -0.000200. The Morgan fingerprint density at radius 3 is 2.05 bits per heavy atom. The molecular formula is C20H33NO. The van der Waals surface area contributed by atoms with Gasteiger partial charge in [0.2, 0.25) is 5.91 Å². The molecule has 124 valence electrons. The van der Waals surface area contributed by atoms with E-state index in [2.05, 4.69) is 17.5 Å². The van der Waals surface area contributed by atoms with Crippen LogP contribution in [-0.4, -0.2) is 5.91 Å². The minimum Gasteiger partial charge on any atom is -0.349 e. The molecule has 0 fully saturated rings. The number of carbonyl (C=O) groups is 1. The molecule has 1 rings (SSSR count). The predicted molar refractivity (Wildman–Crippen MR) is 98.9 cm³/mol. The van der Waals surface area contributed by atoms with Crippen molar-refractivity contribution < 1.29 is 4.79 Å². The molecule has 0 spiro atoms. The Hall–Kier alpha value is -1.83. The predicted octanol–water partition coefficient (Wildman–Crippen LogP) is 5.83. The molecule has 0 aliphatic rings. The monoisotopic (exact) mass is 303 g/mol. The van der Waals surface area contributed by atoms with Gasteiger partial charge in [-0.15, -0.1) is 0 Å².